The number of carbonyl (C=O) groups excluding carboxylic acids is 1. The third-order valence-electron chi connectivity index (χ3n) is 3.38. The van der Waals surface area contributed by atoms with E-state index in [0.717, 1.165) is 0 Å². The van der Waals surface area contributed by atoms with Crippen LogP contribution in [0, 0.1) is 5.41 Å². The summed E-state index contributed by atoms with van der Waals surface area (Å²) < 4.78 is 32.6. The van der Waals surface area contributed by atoms with Crippen LogP contribution in [0.1, 0.15) is 41.5 Å². The van der Waals surface area contributed by atoms with Crippen molar-refractivity contribution in [3.05, 3.63) is 24.3 Å². The molecule has 2 N–H and O–H groups in total. The van der Waals surface area contributed by atoms with Crippen LogP contribution in [0.5, 0.6) is 0 Å². The number of anilines is 1. The summed E-state index contributed by atoms with van der Waals surface area (Å²) in [6.07, 6.45) is 0. The molecule has 0 fully saturated rings. The fraction of sp³-hybridized carbons (Fsp3) is 0.588. The summed E-state index contributed by atoms with van der Waals surface area (Å²) >= 11 is 6.35. The molecule has 142 valence electrons. The first-order chi connectivity index (χ1) is 11.1. The Morgan fingerprint density at radius 3 is 2.12 bits per heavy atom. The number of ether oxygens (including phenoxy) is 1. The largest absolute Gasteiger partial charge is 0.354 e. The van der Waals surface area contributed by atoms with E-state index in [1.54, 1.807) is 53.7 Å². The van der Waals surface area contributed by atoms with Gasteiger partial charge in [-0.1, -0.05) is 38.4 Å². The summed E-state index contributed by atoms with van der Waals surface area (Å²) in [5.74, 6) is -0.567. The van der Waals surface area contributed by atoms with Crippen molar-refractivity contribution in [1.29, 1.82) is 0 Å². The van der Waals surface area contributed by atoms with Gasteiger partial charge in [0.05, 0.1) is 4.90 Å². The third kappa shape index (κ3) is 5.41. The second kappa shape index (κ2) is 7.23. The SMILES string of the molecule is COC(Cl)(C(=O)Nc1cccc(S(=O)(=O)NC(C)(C)C)c1)C(C)(C)C. The Hall–Kier alpha value is -1.15. The lowest BCUT2D eigenvalue weighted by Gasteiger charge is -2.36. The number of amides is 1. The second-order valence-corrected chi connectivity index (χ2v) is 10.1. The number of methoxy groups -OCH3 is 1. The highest BCUT2D eigenvalue weighted by Gasteiger charge is 2.47. The summed E-state index contributed by atoms with van der Waals surface area (Å²) in [6, 6.07) is 5.97. The fourth-order valence-electron chi connectivity index (χ4n) is 2.15. The van der Waals surface area contributed by atoms with Crippen molar-refractivity contribution in [2.24, 2.45) is 5.41 Å². The molecular weight excluding hydrogens is 364 g/mol. The normalized spacial score (nSPS) is 15.5. The van der Waals surface area contributed by atoms with Crippen LogP contribution < -0.4 is 10.0 Å². The van der Waals surface area contributed by atoms with Crippen LogP contribution in [-0.4, -0.2) is 32.0 Å². The van der Waals surface area contributed by atoms with Gasteiger partial charge in [-0.3, -0.25) is 4.79 Å². The molecule has 8 heteroatoms. The zero-order valence-electron chi connectivity index (χ0n) is 15.7. The zero-order chi connectivity index (χ0) is 19.7. The van der Waals surface area contributed by atoms with Gasteiger partial charge in [0, 0.05) is 23.8 Å². The molecule has 0 aliphatic rings. The van der Waals surface area contributed by atoms with Gasteiger partial charge in [0.2, 0.25) is 15.1 Å². The van der Waals surface area contributed by atoms with E-state index in [1.807, 2.05) is 0 Å². The van der Waals surface area contributed by atoms with Crippen LogP contribution >= 0.6 is 11.6 Å². The molecular formula is C17H27ClN2O4S. The van der Waals surface area contributed by atoms with Crippen LogP contribution in [0.25, 0.3) is 0 Å². The molecule has 0 saturated heterocycles. The molecule has 0 aliphatic heterocycles. The van der Waals surface area contributed by atoms with Crippen LogP contribution in [0.3, 0.4) is 0 Å². The number of sulfonamides is 1. The summed E-state index contributed by atoms with van der Waals surface area (Å²) in [5.41, 5.74) is -0.982. The molecule has 1 aromatic carbocycles. The van der Waals surface area contributed by atoms with Crippen molar-refractivity contribution in [2.75, 3.05) is 12.4 Å². The van der Waals surface area contributed by atoms with Crippen LogP contribution in [0.4, 0.5) is 5.69 Å². The average molecular weight is 391 g/mol. The zero-order valence-corrected chi connectivity index (χ0v) is 17.3. The Bertz CT molecular complexity index is 736. The number of benzene rings is 1. The van der Waals surface area contributed by atoms with Gasteiger partial charge in [0.15, 0.2) is 0 Å². The quantitative estimate of drug-likeness (QED) is 0.755. The Morgan fingerprint density at radius 2 is 1.68 bits per heavy atom. The first kappa shape index (κ1) is 21.9. The van der Waals surface area contributed by atoms with Gasteiger partial charge in [-0.15, -0.1) is 0 Å². The fourth-order valence-corrected chi connectivity index (χ4v) is 3.67. The van der Waals surface area contributed by atoms with Crippen molar-refractivity contribution in [2.45, 2.75) is 57.0 Å². The predicted octanol–water partition coefficient (Wildman–Crippen LogP) is 3.33. The lowest BCUT2D eigenvalue weighted by molar-refractivity contribution is -0.137. The predicted molar refractivity (Wildman–Crippen MR) is 100 cm³/mol. The van der Waals surface area contributed by atoms with Crippen molar-refractivity contribution in [1.82, 2.24) is 4.72 Å². The first-order valence-electron chi connectivity index (χ1n) is 7.82. The van der Waals surface area contributed by atoms with E-state index >= 15 is 0 Å². The second-order valence-electron chi connectivity index (χ2n) is 7.89. The monoisotopic (exact) mass is 390 g/mol. The van der Waals surface area contributed by atoms with Crippen molar-refractivity contribution >= 4 is 33.2 Å². The summed E-state index contributed by atoms with van der Waals surface area (Å²) in [5, 5.41) is 1.04. The molecule has 0 radical (unpaired) electrons. The Balaban J connectivity index is 3.13. The van der Waals surface area contributed by atoms with Gasteiger partial charge >= 0.3 is 0 Å². The van der Waals surface area contributed by atoms with Gasteiger partial charge < -0.3 is 10.1 Å². The molecule has 0 aromatic heterocycles. The van der Waals surface area contributed by atoms with Gasteiger partial charge in [-0.25, -0.2) is 13.1 Å². The molecule has 1 unspecified atom stereocenters. The molecule has 25 heavy (non-hydrogen) atoms. The first-order valence-corrected chi connectivity index (χ1v) is 9.68. The molecule has 1 amide bonds. The standard InChI is InChI=1S/C17H27ClN2O4S/c1-15(2,3)17(18,24-7)14(21)19-12-9-8-10-13(11-12)25(22,23)20-16(4,5)6/h8-11,20H,1-7H3,(H,19,21). The Labute approximate surface area is 155 Å². The molecule has 0 saturated carbocycles. The number of rotatable bonds is 5. The van der Waals surface area contributed by atoms with Gasteiger partial charge in [-0.05, 0) is 39.0 Å². The Morgan fingerprint density at radius 1 is 1.12 bits per heavy atom. The summed E-state index contributed by atoms with van der Waals surface area (Å²) in [7, 11) is -2.36. The van der Waals surface area contributed by atoms with E-state index in [0.29, 0.717) is 5.69 Å². The van der Waals surface area contributed by atoms with E-state index in [4.69, 9.17) is 16.3 Å². The number of carbonyl (C=O) groups is 1. The maximum atomic E-state index is 12.6. The molecule has 1 atom stereocenters. The van der Waals surface area contributed by atoms with Gasteiger partial charge in [0.1, 0.15) is 0 Å². The summed E-state index contributed by atoms with van der Waals surface area (Å²) in [6.45, 7) is 10.6. The van der Waals surface area contributed by atoms with Crippen molar-refractivity contribution in [3.8, 4) is 0 Å². The number of hydrogen-bond donors (Lipinski definition) is 2. The Kier molecular flexibility index (Phi) is 6.33. The molecule has 0 aliphatic carbocycles. The van der Waals surface area contributed by atoms with Gasteiger partial charge in [-0.2, -0.15) is 0 Å². The smallest absolute Gasteiger partial charge is 0.272 e. The van der Waals surface area contributed by atoms with Crippen molar-refractivity contribution < 1.29 is 17.9 Å². The number of nitrogens with one attached hydrogen (secondary N) is 2. The summed E-state index contributed by atoms with van der Waals surface area (Å²) in [4.78, 5) is 12.6. The molecule has 0 spiro atoms. The maximum absolute atomic E-state index is 12.6. The van der Waals surface area contributed by atoms with E-state index in [2.05, 4.69) is 10.0 Å². The van der Waals surface area contributed by atoms with E-state index < -0.39 is 31.9 Å². The van der Waals surface area contributed by atoms with Crippen molar-refractivity contribution in [3.63, 3.8) is 0 Å². The number of alkyl halides is 1. The molecule has 0 bridgehead atoms. The van der Waals surface area contributed by atoms with E-state index in [9.17, 15) is 13.2 Å². The maximum Gasteiger partial charge on any atom is 0.272 e. The van der Waals surface area contributed by atoms with Crippen LogP contribution in [0.15, 0.2) is 29.2 Å². The molecule has 0 heterocycles. The topological polar surface area (TPSA) is 84.5 Å². The lowest BCUT2D eigenvalue weighted by Crippen LogP contribution is -2.49. The highest BCUT2D eigenvalue weighted by atomic mass is 35.5. The molecule has 1 rings (SSSR count). The minimum Gasteiger partial charge on any atom is -0.354 e. The highest BCUT2D eigenvalue weighted by molar-refractivity contribution is 7.89. The van der Waals surface area contributed by atoms with Crippen LogP contribution in [-0.2, 0) is 19.6 Å². The van der Waals surface area contributed by atoms with Gasteiger partial charge in [0.25, 0.3) is 5.91 Å². The molecule has 6 nitrogen and oxygen atoms in total. The molecule has 1 aromatic rings. The third-order valence-corrected chi connectivity index (χ3v) is 6.03. The minimum atomic E-state index is -3.71. The highest BCUT2D eigenvalue weighted by Crippen LogP contribution is 2.38. The average Bonchev–Trinajstić information content (AvgIpc) is 2.42. The minimum absolute atomic E-state index is 0.0496. The van der Waals surface area contributed by atoms with E-state index in [1.165, 1.54) is 19.2 Å². The lowest BCUT2D eigenvalue weighted by atomic mass is 9.87. The number of hydrogen-bond acceptors (Lipinski definition) is 4. The van der Waals surface area contributed by atoms with Crippen LogP contribution in [0.2, 0.25) is 0 Å². The number of halogens is 1. The van der Waals surface area contributed by atoms with E-state index in [-0.39, 0.29) is 4.90 Å².